The number of fused-ring (bicyclic) bond motifs is 1. The molecule has 2 heterocycles. The number of nitrogens with zero attached hydrogens (tertiary/aromatic N) is 3. The van der Waals surface area contributed by atoms with Gasteiger partial charge in [0.25, 0.3) is 0 Å². The van der Waals surface area contributed by atoms with Crippen LogP contribution in [0.3, 0.4) is 0 Å². The largest absolute Gasteiger partial charge is 0.392 e. The van der Waals surface area contributed by atoms with Gasteiger partial charge in [-0.1, -0.05) is 60.3 Å². The van der Waals surface area contributed by atoms with Crippen molar-refractivity contribution in [2.24, 2.45) is 0 Å². The van der Waals surface area contributed by atoms with E-state index in [-0.39, 0.29) is 18.7 Å². The minimum atomic E-state index is -0.0271. The number of rotatable bonds is 8. The third-order valence-corrected chi connectivity index (χ3v) is 7.95. The van der Waals surface area contributed by atoms with Crippen molar-refractivity contribution in [3.05, 3.63) is 83.9 Å². The number of para-hydroxylation sites is 1. The number of carbonyl (C=O) groups is 1. The Kier molecular flexibility index (Phi) is 8.25. The van der Waals surface area contributed by atoms with E-state index in [1.165, 1.54) is 0 Å². The van der Waals surface area contributed by atoms with Gasteiger partial charge in [0.05, 0.1) is 12.1 Å². The molecule has 0 radical (unpaired) electrons. The Bertz CT molecular complexity index is 1410. The first kappa shape index (κ1) is 25.8. The average molecular weight is 529 g/mol. The van der Waals surface area contributed by atoms with Gasteiger partial charge in [0, 0.05) is 47.9 Å². The third kappa shape index (κ3) is 6.00. The summed E-state index contributed by atoms with van der Waals surface area (Å²) in [6.07, 6.45) is 1.71. The summed E-state index contributed by atoms with van der Waals surface area (Å²) in [5, 5.41) is 20.5. The number of benzene rings is 3. The fourth-order valence-corrected chi connectivity index (χ4v) is 5.69. The monoisotopic (exact) mass is 528 g/mol. The molecule has 9 heteroatoms. The Morgan fingerprint density at radius 1 is 0.947 bits per heavy atom. The molecule has 1 aliphatic rings. The summed E-state index contributed by atoms with van der Waals surface area (Å²) < 4.78 is 0. The molecule has 1 fully saturated rings. The molecule has 1 saturated heterocycles. The van der Waals surface area contributed by atoms with Gasteiger partial charge in [0.2, 0.25) is 5.95 Å². The highest BCUT2D eigenvalue weighted by Crippen LogP contribution is 2.33. The molecule has 196 valence electrons. The first-order valence-corrected chi connectivity index (χ1v) is 13.6. The smallest absolute Gasteiger partial charge is 0.317 e. The first-order chi connectivity index (χ1) is 18.6. The Balaban J connectivity index is 1.32. The highest BCUT2D eigenvalue weighted by Gasteiger charge is 2.23. The number of aliphatic hydroxyl groups is 1. The molecule has 5 rings (SSSR count). The van der Waals surface area contributed by atoms with E-state index in [0.717, 1.165) is 50.5 Å². The van der Waals surface area contributed by atoms with Gasteiger partial charge in [-0.05, 0) is 48.2 Å². The summed E-state index contributed by atoms with van der Waals surface area (Å²) >= 11 is 1.65. The van der Waals surface area contributed by atoms with Crippen LogP contribution in [0.1, 0.15) is 24.0 Å². The zero-order valence-electron chi connectivity index (χ0n) is 21.4. The van der Waals surface area contributed by atoms with Crippen LogP contribution in [0, 0.1) is 0 Å². The molecule has 1 aliphatic heterocycles. The third-order valence-electron chi connectivity index (χ3n) is 6.71. The quantitative estimate of drug-likeness (QED) is 0.252. The Morgan fingerprint density at radius 3 is 2.34 bits per heavy atom. The molecule has 4 aromatic rings. The number of likely N-dealkylation sites (tertiary alicyclic amines) is 1. The van der Waals surface area contributed by atoms with Crippen LogP contribution < -0.4 is 16.0 Å². The summed E-state index contributed by atoms with van der Waals surface area (Å²) in [5.74, 6) is 1.36. The maximum atomic E-state index is 12.0. The summed E-state index contributed by atoms with van der Waals surface area (Å²) in [5.41, 5.74) is 2.91. The van der Waals surface area contributed by atoms with Crippen LogP contribution in [0.2, 0.25) is 0 Å². The van der Waals surface area contributed by atoms with Crippen LogP contribution in [0.15, 0.2) is 82.6 Å². The van der Waals surface area contributed by atoms with Crippen molar-refractivity contribution < 1.29 is 9.90 Å². The Hall–Kier alpha value is -3.82. The standard InChI is InChI=1S/C29H32N6O2S/c1-30-29(37)35-16-14-22(15-17-35)32-27-23-10-4-5-11-24(23)33-28(34-27)31-18-20-8-2-6-12-25(20)38-26-13-7-3-9-21(26)19-36/h2-13,22,36H,14-19H2,1H3,(H,30,37)(H2,31,32,33,34). The zero-order chi connectivity index (χ0) is 26.3. The maximum Gasteiger partial charge on any atom is 0.317 e. The van der Waals surface area contributed by atoms with E-state index in [1.54, 1.807) is 18.8 Å². The second-order valence-electron chi connectivity index (χ2n) is 9.20. The van der Waals surface area contributed by atoms with Gasteiger partial charge in [-0.3, -0.25) is 0 Å². The van der Waals surface area contributed by atoms with Gasteiger partial charge in [-0.25, -0.2) is 9.78 Å². The van der Waals surface area contributed by atoms with Crippen molar-refractivity contribution in [3.8, 4) is 0 Å². The second-order valence-corrected chi connectivity index (χ2v) is 10.3. The molecule has 4 N–H and O–H groups in total. The lowest BCUT2D eigenvalue weighted by molar-refractivity contribution is 0.186. The van der Waals surface area contributed by atoms with Crippen molar-refractivity contribution in [2.75, 3.05) is 30.8 Å². The number of nitrogens with one attached hydrogen (secondary N) is 3. The van der Waals surface area contributed by atoms with E-state index in [0.29, 0.717) is 25.6 Å². The van der Waals surface area contributed by atoms with Crippen molar-refractivity contribution in [1.82, 2.24) is 20.2 Å². The van der Waals surface area contributed by atoms with E-state index in [9.17, 15) is 9.90 Å². The van der Waals surface area contributed by atoms with Crippen molar-refractivity contribution in [2.45, 2.75) is 41.8 Å². The predicted molar refractivity (Wildman–Crippen MR) is 152 cm³/mol. The molecular weight excluding hydrogens is 496 g/mol. The Morgan fingerprint density at radius 2 is 1.61 bits per heavy atom. The lowest BCUT2D eigenvalue weighted by atomic mass is 10.1. The van der Waals surface area contributed by atoms with E-state index in [2.05, 4.69) is 28.1 Å². The van der Waals surface area contributed by atoms with Crippen molar-refractivity contribution in [1.29, 1.82) is 0 Å². The van der Waals surface area contributed by atoms with Crippen LogP contribution in [0.4, 0.5) is 16.6 Å². The molecule has 2 amide bonds. The minimum Gasteiger partial charge on any atom is -0.392 e. The molecule has 0 aliphatic carbocycles. The summed E-state index contributed by atoms with van der Waals surface area (Å²) in [6.45, 7) is 1.99. The fraction of sp³-hybridized carbons (Fsp3) is 0.276. The summed E-state index contributed by atoms with van der Waals surface area (Å²) in [4.78, 5) is 25.6. The lowest BCUT2D eigenvalue weighted by Gasteiger charge is -2.32. The molecule has 3 aromatic carbocycles. The molecular formula is C29H32N6O2S. The molecule has 0 unspecified atom stereocenters. The number of aromatic nitrogens is 2. The number of hydrogen-bond donors (Lipinski definition) is 4. The molecule has 0 atom stereocenters. The van der Waals surface area contributed by atoms with Crippen molar-refractivity contribution in [3.63, 3.8) is 0 Å². The van der Waals surface area contributed by atoms with Crippen LogP contribution in [0.5, 0.6) is 0 Å². The van der Waals surface area contributed by atoms with E-state index >= 15 is 0 Å². The summed E-state index contributed by atoms with van der Waals surface area (Å²) in [6, 6.07) is 24.4. The molecule has 8 nitrogen and oxygen atoms in total. The van der Waals surface area contributed by atoms with Gasteiger partial charge in [-0.2, -0.15) is 4.98 Å². The number of hydrogen-bond acceptors (Lipinski definition) is 7. The summed E-state index contributed by atoms with van der Waals surface area (Å²) in [7, 11) is 1.67. The zero-order valence-corrected chi connectivity index (χ0v) is 22.2. The van der Waals surface area contributed by atoms with Crippen molar-refractivity contribution >= 4 is 40.5 Å². The van der Waals surface area contributed by atoms with Crippen LogP contribution in [0.25, 0.3) is 10.9 Å². The fourth-order valence-electron chi connectivity index (χ4n) is 4.62. The molecule has 38 heavy (non-hydrogen) atoms. The molecule has 0 spiro atoms. The van der Waals surface area contributed by atoms with Gasteiger partial charge < -0.3 is 26.0 Å². The van der Waals surface area contributed by atoms with Crippen LogP contribution in [-0.2, 0) is 13.2 Å². The molecule has 1 aromatic heterocycles. The number of amides is 2. The van der Waals surface area contributed by atoms with E-state index in [4.69, 9.17) is 9.97 Å². The second kappa shape index (κ2) is 12.1. The maximum absolute atomic E-state index is 12.0. The van der Waals surface area contributed by atoms with Gasteiger partial charge in [-0.15, -0.1) is 0 Å². The number of piperidine rings is 1. The van der Waals surface area contributed by atoms with Gasteiger partial charge in [0.1, 0.15) is 5.82 Å². The normalized spacial score (nSPS) is 13.9. The first-order valence-electron chi connectivity index (χ1n) is 12.8. The minimum absolute atomic E-state index is 0.00905. The SMILES string of the molecule is CNC(=O)N1CCC(Nc2nc(NCc3ccccc3Sc3ccccc3CO)nc3ccccc23)CC1. The highest BCUT2D eigenvalue weighted by molar-refractivity contribution is 7.99. The highest BCUT2D eigenvalue weighted by atomic mass is 32.2. The van der Waals surface area contributed by atoms with Gasteiger partial charge in [0.15, 0.2) is 0 Å². The van der Waals surface area contributed by atoms with Crippen LogP contribution >= 0.6 is 11.8 Å². The number of aliphatic hydroxyl groups excluding tert-OH is 1. The Labute approximate surface area is 226 Å². The average Bonchev–Trinajstić information content (AvgIpc) is 2.97. The van der Waals surface area contributed by atoms with Gasteiger partial charge >= 0.3 is 6.03 Å². The van der Waals surface area contributed by atoms with E-state index < -0.39 is 0 Å². The van der Waals surface area contributed by atoms with E-state index in [1.807, 2.05) is 65.6 Å². The predicted octanol–water partition coefficient (Wildman–Crippen LogP) is 5.10. The molecule has 0 saturated carbocycles. The number of urea groups is 1. The molecule has 0 bridgehead atoms. The lowest BCUT2D eigenvalue weighted by Crippen LogP contribution is -2.45. The number of carbonyl (C=O) groups excluding carboxylic acids is 1. The topological polar surface area (TPSA) is 102 Å². The van der Waals surface area contributed by atoms with Crippen LogP contribution in [-0.4, -0.2) is 52.2 Å². The number of anilines is 2.